The summed E-state index contributed by atoms with van der Waals surface area (Å²) in [4.78, 5) is 16.2. The van der Waals surface area contributed by atoms with E-state index in [0.29, 0.717) is 17.6 Å². The van der Waals surface area contributed by atoms with Crippen LogP contribution in [0.5, 0.6) is 0 Å². The Morgan fingerprint density at radius 2 is 0.662 bits per heavy atom. The molecule has 68 heavy (non-hydrogen) atoms. The zero-order chi connectivity index (χ0) is 45.0. The summed E-state index contributed by atoms with van der Waals surface area (Å²) < 4.78 is 4.76. The van der Waals surface area contributed by atoms with Gasteiger partial charge in [0.1, 0.15) is 0 Å². The second kappa shape index (κ2) is 16.4. The lowest BCUT2D eigenvalue weighted by Crippen LogP contribution is -2.07. The van der Waals surface area contributed by atoms with E-state index in [1.165, 1.54) is 5.39 Å². The third-order valence-corrected chi connectivity index (χ3v) is 13.2. The van der Waals surface area contributed by atoms with Crippen molar-refractivity contribution in [3.05, 3.63) is 249 Å². The Morgan fingerprint density at radius 3 is 1.26 bits per heavy atom. The number of hydrogen-bond donors (Lipinski definition) is 0. The second-order valence-electron chi connectivity index (χ2n) is 17.2. The number of para-hydroxylation sites is 2. The molecule has 0 saturated carbocycles. The number of hydrogen-bond acceptors (Lipinski definition) is 3. The summed E-state index contributed by atoms with van der Waals surface area (Å²) in [6.07, 6.45) is 0. The number of benzene rings is 10. The molecule has 0 fully saturated rings. The van der Waals surface area contributed by atoms with E-state index < -0.39 is 0 Å². The smallest absolute Gasteiger partial charge is 0.238 e. The number of aromatic nitrogens is 5. The zero-order valence-corrected chi connectivity index (χ0v) is 36.9. The van der Waals surface area contributed by atoms with Crippen molar-refractivity contribution >= 4 is 43.6 Å². The normalized spacial score (nSPS) is 11.5. The van der Waals surface area contributed by atoms with E-state index in [9.17, 15) is 0 Å². The van der Waals surface area contributed by atoms with Gasteiger partial charge in [-0.3, -0.25) is 4.57 Å². The quantitative estimate of drug-likeness (QED) is 0.153. The molecule has 0 saturated heterocycles. The molecule has 5 heteroatoms. The van der Waals surface area contributed by atoms with Crippen molar-refractivity contribution in [3.8, 4) is 78.9 Å². The summed E-state index contributed by atoms with van der Waals surface area (Å²) in [5, 5.41) is 4.53. The maximum atomic E-state index is 5.49. The summed E-state index contributed by atoms with van der Waals surface area (Å²) in [6.45, 7) is 0. The first-order valence-corrected chi connectivity index (χ1v) is 23.0. The van der Waals surface area contributed by atoms with Crippen molar-refractivity contribution < 1.29 is 0 Å². The zero-order valence-electron chi connectivity index (χ0n) is 36.9. The Morgan fingerprint density at radius 1 is 0.250 bits per heavy atom. The van der Waals surface area contributed by atoms with E-state index in [0.717, 1.165) is 99.5 Å². The van der Waals surface area contributed by atoms with Crippen molar-refractivity contribution in [2.45, 2.75) is 0 Å². The standard InChI is InChI=1S/C63H41N5/c1-5-18-42(19-6-1)45-32-34-47(35-33-45)61-64-62(50-27-17-26-48(40-50)43-20-7-2-8-21-43)66-63(65-61)68-57-31-16-14-29-53(57)55-39-38-54-52-28-13-15-30-56(52)67(59(54)60(55)68)58-41-49(44-22-9-3-10-23-44)36-37-51(58)46-24-11-4-12-25-46/h1-41H. The maximum absolute atomic E-state index is 5.49. The van der Waals surface area contributed by atoms with Crippen molar-refractivity contribution in [1.82, 2.24) is 24.1 Å². The van der Waals surface area contributed by atoms with E-state index in [1.807, 2.05) is 12.1 Å². The molecule has 10 aromatic carbocycles. The van der Waals surface area contributed by atoms with Crippen LogP contribution in [0.3, 0.4) is 0 Å². The lowest BCUT2D eigenvalue weighted by atomic mass is 9.98. The van der Waals surface area contributed by atoms with Gasteiger partial charge in [0.25, 0.3) is 0 Å². The second-order valence-corrected chi connectivity index (χ2v) is 17.2. The SMILES string of the molecule is c1ccc(-c2ccc(-c3nc(-c4cccc(-c5ccccc5)c4)nc(-n4c5ccccc5c5ccc6c7ccccc7n(-c7cc(-c8ccccc8)ccc7-c7ccccc7)c6c54)n3)cc2)cc1. The van der Waals surface area contributed by atoms with Crippen molar-refractivity contribution in [3.63, 3.8) is 0 Å². The van der Waals surface area contributed by atoms with Crippen molar-refractivity contribution in [2.24, 2.45) is 0 Å². The Labute approximate surface area is 393 Å². The number of fused-ring (bicyclic) bond motifs is 7. The molecule has 3 aromatic heterocycles. The summed E-state index contributed by atoms with van der Waals surface area (Å²) in [5.74, 6) is 1.73. The molecule has 318 valence electrons. The fourth-order valence-electron chi connectivity index (χ4n) is 9.98. The Hall–Kier alpha value is -9.19. The Balaban J connectivity index is 1.13. The highest BCUT2D eigenvalue weighted by Crippen LogP contribution is 2.44. The minimum Gasteiger partial charge on any atom is -0.307 e. The van der Waals surface area contributed by atoms with Gasteiger partial charge in [-0.05, 0) is 63.2 Å². The molecule has 0 amide bonds. The first-order chi connectivity index (χ1) is 33.7. The van der Waals surface area contributed by atoms with Gasteiger partial charge in [0, 0.05) is 38.2 Å². The van der Waals surface area contributed by atoms with Crippen LogP contribution in [0.4, 0.5) is 0 Å². The number of rotatable bonds is 8. The van der Waals surface area contributed by atoms with Gasteiger partial charge in [0.05, 0.1) is 27.8 Å². The average molecular weight is 868 g/mol. The topological polar surface area (TPSA) is 48.5 Å². The summed E-state index contributed by atoms with van der Waals surface area (Å²) in [5.41, 5.74) is 16.2. The van der Waals surface area contributed by atoms with Crippen molar-refractivity contribution in [2.75, 3.05) is 0 Å². The van der Waals surface area contributed by atoms with E-state index in [2.05, 4.69) is 246 Å². The van der Waals surface area contributed by atoms with Crippen LogP contribution in [-0.2, 0) is 0 Å². The molecule has 0 aliphatic heterocycles. The van der Waals surface area contributed by atoms with Crippen LogP contribution in [0.25, 0.3) is 123 Å². The molecule has 0 unspecified atom stereocenters. The molecular formula is C63H41N5. The van der Waals surface area contributed by atoms with Gasteiger partial charge in [-0.15, -0.1) is 0 Å². The molecular weight excluding hydrogens is 827 g/mol. The lowest BCUT2D eigenvalue weighted by molar-refractivity contribution is 0.953. The Bertz CT molecular complexity index is 3990. The monoisotopic (exact) mass is 867 g/mol. The van der Waals surface area contributed by atoms with E-state index in [-0.39, 0.29) is 0 Å². The number of nitrogens with zero attached hydrogens (tertiary/aromatic N) is 5. The van der Waals surface area contributed by atoms with E-state index in [1.54, 1.807) is 0 Å². The molecule has 0 N–H and O–H groups in total. The molecule has 0 atom stereocenters. The summed E-state index contributed by atoms with van der Waals surface area (Å²) in [6, 6.07) is 88.2. The highest BCUT2D eigenvalue weighted by Gasteiger charge is 2.25. The van der Waals surface area contributed by atoms with Crippen LogP contribution in [0.2, 0.25) is 0 Å². The third-order valence-electron chi connectivity index (χ3n) is 13.2. The minimum absolute atomic E-state index is 0.541. The van der Waals surface area contributed by atoms with Gasteiger partial charge in [0.2, 0.25) is 5.95 Å². The van der Waals surface area contributed by atoms with E-state index in [4.69, 9.17) is 15.0 Å². The van der Waals surface area contributed by atoms with Gasteiger partial charge in [-0.25, -0.2) is 4.98 Å². The predicted octanol–water partition coefficient (Wildman–Crippen LogP) is 16.1. The summed E-state index contributed by atoms with van der Waals surface area (Å²) in [7, 11) is 0. The highest BCUT2D eigenvalue weighted by atomic mass is 15.2. The molecule has 0 spiro atoms. The van der Waals surface area contributed by atoms with Gasteiger partial charge in [-0.2, -0.15) is 9.97 Å². The minimum atomic E-state index is 0.541. The Kier molecular flexibility index (Phi) is 9.43. The lowest BCUT2D eigenvalue weighted by Gasteiger charge is -2.17. The van der Waals surface area contributed by atoms with Gasteiger partial charge >= 0.3 is 0 Å². The molecule has 5 nitrogen and oxygen atoms in total. The largest absolute Gasteiger partial charge is 0.307 e. The van der Waals surface area contributed by atoms with Crippen LogP contribution in [-0.4, -0.2) is 24.1 Å². The maximum Gasteiger partial charge on any atom is 0.238 e. The molecule has 0 aliphatic rings. The molecule has 13 aromatic rings. The third kappa shape index (κ3) is 6.68. The van der Waals surface area contributed by atoms with Crippen LogP contribution >= 0.6 is 0 Å². The van der Waals surface area contributed by atoms with Gasteiger partial charge < -0.3 is 4.57 Å². The molecule has 0 bridgehead atoms. The fraction of sp³-hybridized carbons (Fsp3) is 0. The molecule has 13 rings (SSSR count). The van der Waals surface area contributed by atoms with Crippen LogP contribution in [0.15, 0.2) is 249 Å². The van der Waals surface area contributed by atoms with Gasteiger partial charge in [-0.1, -0.05) is 224 Å². The first-order valence-electron chi connectivity index (χ1n) is 23.0. The highest BCUT2D eigenvalue weighted by molar-refractivity contribution is 6.24. The molecule has 0 aliphatic carbocycles. The van der Waals surface area contributed by atoms with Gasteiger partial charge in [0.15, 0.2) is 11.6 Å². The fourth-order valence-corrected chi connectivity index (χ4v) is 9.98. The van der Waals surface area contributed by atoms with Crippen LogP contribution in [0.1, 0.15) is 0 Å². The molecule has 0 radical (unpaired) electrons. The van der Waals surface area contributed by atoms with Crippen LogP contribution in [0, 0.1) is 0 Å². The van der Waals surface area contributed by atoms with Crippen LogP contribution < -0.4 is 0 Å². The van der Waals surface area contributed by atoms with E-state index >= 15 is 0 Å². The summed E-state index contributed by atoms with van der Waals surface area (Å²) >= 11 is 0. The molecule has 3 heterocycles. The first kappa shape index (κ1) is 39.2. The average Bonchev–Trinajstić information content (AvgIpc) is 3.95. The predicted molar refractivity (Wildman–Crippen MR) is 281 cm³/mol. The van der Waals surface area contributed by atoms with Crippen molar-refractivity contribution in [1.29, 1.82) is 0 Å².